The van der Waals surface area contributed by atoms with Crippen LogP contribution in [0.3, 0.4) is 0 Å². The number of hydrogen-bond donors (Lipinski definition) is 1. The highest BCUT2D eigenvalue weighted by atomic mass is 16.2. The van der Waals surface area contributed by atoms with Gasteiger partial charge in [-0.15, -0.1) is 0 Å². The molecule has 196 valence electrons. The maximum Gasteiger partial charge on any atom is 0.251 e. The molecule has 1 saturated heterocycles. The molecule has 1 saturated carbocycles. The second-order valence-corrected chi connectivity index (χ2v) is 10.3. The summed E-state index contributed by atoms with van der Waals surface area (Å²) < 4.78 is 2.14. The summed E-state index contributed by atoms with van der Waals surface area (Å²) in [5, 5.41) is 12.2. The molecular weight excluding hydrogens is 476 g/mol. The first-order valence-electron chi connectivity index (χ1n) is 13.5. The smallest absolute Gasteiger partial charge is 0.251 e. The van der Waals surface area contributed by atoms with Crippen LogP contribution in [0, 0.1) is 17.2 Å². The van der Waals surface area contributed by atoms with E-state index in [0.29, 0.717) is 30.8 Å². The molecule has 1 aromatic heterocycles. The standard InChI is InChI=1S/C30H34N6O2/c31-18-23-10-12-24(13-11-23)20-36-22-32-19-26(36)21-34-14-16-35(17-15-34)30(38)27-8-4-5-9-28(27)33-29(37)25-6-2-1-3-7-25/h1-3,6-7,10-13,19,22,27-28H,4-5,8-9,14-17,20-21H2,(H,33,37)/t27-,28+/m0/s1. The third-order valence-corrected chi connectivity index (χ3v) is 7.74. The highest BCUT2D eigenvalue weighted by Crippen LogP contribution is 2.27. The molecule has 3 aromatic rings. The zero-order chi connectivity index (χ0) is 26.3. The van der Waals surface area contributed by atoms with E-state index in [1.54, 1.807) is 0 Å². The number of carbonyl (C=O) groups is 2. The van der Waals surface area contributed by atoms with E-state index < -0.39 is 0 Å². The van der Waals surface area contributed by atoms with Crippen molar-refractivity contribution in [1.29, 1.82) is 5.26 Å². The summed E-state index contributed by atoms with van der Waals surface area (Å²) in [7, 11) is 0. The number of aromatic nitrogens is 2. The number of hydrogen-bond acceptors (Lipinski definition) is 5. The van der Waals surface area contributed by atoms with Gasteiger partial charge in [0.15, 0.2) is 0 Å². The Balaban J connectivity index is 1.14. The van der Waals surface area contributed by atoms with Crippen molar-refractivity contribution >= 4 is 11.8 Å². The second kappa shape index (κ2) is 12.1. The van der Waals surface area contributed by atoms with Gasteiger partial charge in [0, 0.05) is 57.1 Å². The zero-order valence-electron chi connectivity index (χ0n) is 21.6. The highest BCUT2D eigenvalue weighted by Gasteiger charge is 2.35. The summed E-state index contributed by atoms with van der Waals surface area (Å²) in [6, 6.07) is 18.9. The van der Waals surface area contributed by atoms with Crippen LogP contribution in [0.25, 0.3) is 0 Å². The average Bonchev–Trinajstić information content (AvgIpc) is 3.40. The van der Waals surface area contributed by atoms with E-state index in [4.69, 9.17) is 5.26 Å². The first-order valence-corrected chi connectivity index (χ1v) is 13.5. The number of nitriles is 1. The van der Waals surface area contributed by atoms with Gasteiger partial charge in [-0.3, -0.25) is 14.5 Å². The van der Waals surface area contributed by atoms with Gasteiger partial charge in [0.05, 0.1) is 29.6 Å². The molecule has 0 bridgehead atoms. The molecule has 5 rings (SSSR count). The summed E-state index contributed by atoms with van der Waals surface area (Å²) in [5.74, 6) is -0.0804. The summed E-state index contributed by atoms with van der Waals surface area (Å²) in [6.07, 6.45) is 7.49. The lowest BCUT2D eigenvalue weighted by Gasteiger charge is -2.39. The van der Waals surface area contributed by atoms with Crippen LogP contribution >= 0.6 is 0 Å². The summed E-state index contributed by atoms with van der Waals surface area (Å²) >= 11 is 0. The third kappa shape index (κ3) is 6.12. The number of imidazole rings is 1. The Morgan fingerprint density at radius 2 is 1.68 bits per heavy atom. The van der Waals surface area contributed by atoms with Gasteiger partial charge in [0.1, 0.15) is 0 Å². The highest BCUT2D eigenvalue weighted by molar-refractivity contribution is 5.94. The SMILES string of the molecule is N#Cc1ccc(Cn2cncc2CN2CCN(C(=O)[C@H]3CCCC[C@H]3NC(=O)c3ccccc3)CC2)cc1. The van der Waals surface area contributed by atoms with Gasteiger partial charge in [0.2, 0.25) is 5.91 Å². The lowest BCUT2D eigenvalue weighted by molar-refractivity contribution is -0.139. The Morgan fingerprint density at radius 1 is 0.947 bits per heavy atom. The molecule has 2 atom stereocenters. The molecule has 2 heterocycles. The fourth-order valence-electron chi connectivity index (χ4n) is 5.53. The molecule has 8 heteroatoms. The fourth-order valence-corrected chi connectivity index (χ4v) is 5.53. The Hall–Kier alpha value is -3.96. The third-order valence-electron chi connectivity index (χ3n) is 7.74. The summed E-state index contributed by atoms with van der Waals surface area (Å²) in [4.78, 5) is 35.0. The van der Waals surface area contributed by atoms with Gasteiger partial charge < -0.3 is 14.8 Å². The maximum atomic E-state index is 13.5. The van der Waals surface area contributed by atoms with Crippen LogP contribution in [-0.4, -0.2) is 63.4 Å². The molecule has 1 aliphatic carbocycles. The van der Waals surface area contributed by atoms with Crippen LogP contribution in [0.15, 0.2) is 67.1 Å². The van der Waals surface area contributed by atoms with Gasteiger partial charge >= 0.3 is 0 Å². The van der Waals surface area contributed by atoms with Crippen molar-refractivity contribution in [2.45, 2.75) is 44.8 Å². The number of rotatable bonds is 7. The van der Waals surface area contributed by atoms with Crippen molar-refractivity contribution < 1.29 is 9.59 Å². The summed E-state index contributed by atoms with van der Waals surface area (Å²) in [5.41, 5.74) is 3.55. The van der Waals surface area contributed by atoms with Crippen molar-refractivity contribution in [3.63, 3.8) is 0 Å². The van der Waals surface area contributed by atoms with Crippen LogP contribution < -0.4 is 5.32 Å². The van der Waals surface area contributed by atoms with Crippen molar-refractivity contribution in [3.8, 4) is 6.07 Å². The normalized spacial score (nSPS) is 20.0. The number of carbonyl (C=O) groups excluding carboxylic acids is 2. The van der Waals surface area contributed by atoms with E-state index in [0.717, 1.165) is 56.6 Å². The molecule has 2 aliphatic rings. The van der Waals surface area contributed by atoms with Crippen LogP contribution in [0.2, 0.25) is 0 Å². The second-order valence-electron chi connectivity index (χ2n) is 10.3. The Bertz CT molecular complexity index is 1270. The van der Waals surface area contributed by atoms with Gasteiger partial charge in [-0.05, 0) is 42.7 Å². The first-order chi connectivity index (χ1) is 18.6. The minimum atomic E-state index is -0.156. The van der Waals surface area contributed by atoms with E-state index in [2.05, 4.69) is 25.8 Å². The fraction of sp³-hybridized carbons (Fsp3) is 0.400. The van der Waals surface area contributed by atoms with Crippen molar-refractivity contribution in [2.75, 3.05) is 26.2 Å². The lowest BCUT2D eigenvalue weighted by Crippen LogP contribution is -2.54. The van der Waals surface area contributed by atoms with Crippen molar-refractivity contribution in [1.82, 2.24) is 24.7 Å². The molecular formula is C30H34N6O2. The topological polar surface area (TPSA) is 94.3 Å². The maximum absolute atomic E-state index is 13.5. The van der Waals surface area contributed by atoms with Crippen LogP contribution in [0.1, 0.15) is 52.9 Å². The Kier molecular flexibility index (Phi) is 8.15. The molecule has 8 nitrogen and oxygen atoms in total. The monoisotopic (exact) mass is 510 g/mol. The molecule has 38 heavy (non-hydrogen) atoms. The quantitative estimate of drug-likeness (QED) is 0.526. The molecule has 2 amide bonds. The minimum absolute atomic E-state index is 0.0993. The molecule has 0 spiro atoms. The van der Waals surface area contributed by atoms with E-state index in [1.165, 1.54) is 0 Å². The van der Waals surface area contributed by atoms with E-state index in [1.807, 2.05) is 72.0 Å². The molecule has 0 radical (unpaired) electrons. The molecule has 2 fully saturated rings. The Morgan fingerprint density at radius 3 is 2.42 bits per heavy atom. The predicted molar refractivity (Wildman–Crippen MR) is 144 cm³/mol. The zero-order valence-corrected chi connectivity index (χ0v) is 21.6. The van der Waals surface area contributed by atoms with Crippen LogP contribution in [-0.2, 0) is 17.9 Å². The lowest BCUT2D eigenvalue weighted by atomic mass is 9.83. The van der Waals surface area contributed by atoms with E-state index in [-0.39, 0.29) is 23.8 Å². The molecule has 1 aliphatic heterocycles. The van der Waals surface area contributed by atoms with Gasteiger partial charge in [-0.2, -0.15) is 5.26 Å². The number of piperazine rings is 1. The molecule has 2 aromatic carbocycles. The van der Waals surface area contributed by atoms with Crippen LogP contribution in [0.5, 0.6) is 0 Å². The largest absolute Gasteiger partial charge is 0.349 e. The number of nitrogens with one attached hydrogen (secondary N) is 1. The van der Waals surface area contributed by atoms with Crippen molar-refractivity contribution in [3.05, 3.63) is 89.5 Å². The van der Waals surface area contributed by atoms with Crippen LogP contribution in [0.4, 0.5) is 0 Å². The first kappa shape index (κ1) is 25.7. The summed E-state index contributed by atoms with van der Waals surface area (Å²) in [6.45, 7) is 4.48. The average molecular weight is 511 g/mol. The number of amides is 2. The number of benzene rings is 2. The Labute approximate surface area is 223 Å². The minimum Gasteiger partial charge on any atom is -0.349 e. The van der Waals surface area contributed by atoms with Gasteiger partial charge in [0.25, 0.3) is 5.91 Å². The van der Waals surface area contributed by atoms with Gasteiger partial charge in [-0.25, -0.2) is 4.98 Å². The van der Waals surface area contributed by atoms with Gasteiger partial charge in [-0.1, -0.05) is 43.2 Å². The van der Waals surface area contributed by atoms with Crippen molar-refractivity contribution in [2.24, 2.45) is 5.92 Å². The van der Waals surface area contributed by atoms with E-state index >= 15 is 0 Å². The number of nitrogens with zero attached hydrogens (tertiary/aromatic N) is 5. The molecule has 1 N–H and O–H groups in total. The van der Waals surface area contributed by atoms with E-state index in [9.17, 15) is 9.59 Å². The molecule has 0 unspecified atom stereocenters. The predicted octanol–water partition coefficient (Wildman–Crippen LogP) is 3.44.